The van der Waals surface area contributed by atoms with Gasteiger partial charge in [-0.3, -0.25) is 14.4 Å². The summed E-state index contributed by atoms with van der Waals surface area (Å²) < 4.78 is 0. The maximum atomic E-state index is 14.2. The van der Waals surface area contributed by atoms with E-state index in [1.54, 1.807) is 27.7 Å². The van der Waals surface area contributed by atoms with Gasteiger partial charge in [0.05, 0.1) is 17.1 Å². The van der Waals surface area contributed by atoms with Crippen LogP contribution in [0.15, 0.2) is 23.5 Å². The lowest BCUT2D eigenvalue weighted by Gasteiger charge is -2.63. The molecule has 8 atom stereocenters. The summed E-state index contributed by atoms with van der Waals surface area (Å²) in [5, 5.41) is 43.7. The molecule has 2 saturated carbocycles. The minimum absolute atomic E-state index is 0.0387. The molecule has 4 aliphatic carbocycles. The first-order valence-corrected chi connectivity index (χ1v) is 13.5. The van der Waals surface area contributed by atoms with Gasteiger partial charge in [-0.15, -0.1) is 0 Å². The Morgan fingerprint density at radius 1 is 1.05 bits per heavy atom. The second-order valence-corrected chi connectivity index (χ2v) is 14.3. The highest BCUT2D eigenvalue weighted by Crippen LogP contribution is 2.73. The van der Waals surface area contributed by atoms with Crippen molar-refractivity contribution in [2.24, 2.45) is 39.4 Å². The molecule has 2 fully saturated rings. The maximum Gasteiger partial charge on any atom is 0.206 e. The van der Waals surface area contributed by atoms with Gasteiger partial charge in [0.1, 0.15) is 11.4 Å². The average molecular weight is 517 g/mol. The predicted octanol–water partition coefficient (Wildman–Crippen LogP) is 3.84. The van der Waals surface area contributed by atoms with Crippen molar-refractivity contribution >= 4 is 17.3 Å². The smallest absolute Gasteiger partial charge is 0.206 e. The first kappa shape index (κ1) is 28.2. The first-order chi connectivity index (χ1) is 16.7. The van der Waals surface area contributed by atoms with E-state index >= 15 is 0 Å². The van der Waals surface area contributed by atoms with Crippen LogP contribution in [0.5, 0.6) is 0 Å². The molecule has 0 spiro atoms. The Morgan fingerprint density at radius 2 is 1.65 bits per heavy atom. The number of rotatable bonds is 5. The Morgan fingerprint density at radius 3 is 2.22 bits per heavy atom. The summed E-state index contributed by atoms with van der Waals surface area (Å²) in [6.45, 7) is 14.1. The van der Waals surface area contributed by atoms with Crippen LogP contribution in [0.4, 0.5) is 0 Å². The molecule has 4 rings (SSSR count). The lowest BCUT2D eigenvalue weighted by molar-refractivity contribution is -0.181. The summed E-state index contributed by atoms with van der Waals surface area (Å²) in [6.07, 6.45) is 3.64. The zero-order chi connectivity index (χ0) is 28.1. The van der Waals surface area contributed by atoms with Crippen molar-refractivity contribution in [1.82, 2.24) is 0 Å². The normalized spacial score (nSPS) is 42.7. The molecule has 0 amide bonds. The van der Waals surface area contributed by atoms with Crippen LogP contribution in [-0.2, 0) is 14.4 Å². The quantitative estimate of drug-likeness (QED) is 0.408. The van der Waals surface area contributed by atoms with E-state index in [1.807, 2.05) is 19.9 Å². The Hall–Kier alpha value is -1.83. The van der Waals surface area contributed by atoms with Gasteiger partial charge in [0, 0.05) is 30.1 Å². The van der Waals surface area contributed by atoms with Crippen LogP contribution in [0, 0.1) is 39.4 Å². The number of carbonyl (C=O) groups is 3. The maximum absolute atomic E-state index is 14.2. The van der Waals surface area contributed by atoms with E-state index < -0.39 is 56.6 Å². The van der Waals surface area contributed by atoms with E-state index in [2.05, 4.69) is 6.92 Å². The van der Waals surface area contributed by atoms with Crippen LogP contribution >= 0.6 is 0 Å². The summed E-state index contributed by atoms with van der Waals surface area (Å²) >= 11 is 0. The Kier molecular flexibility index (Phi) is 6.16. The standard InChI is InChI=1S/C30H44O7/c1-25(2,36)12-11-21(33)30(8,37)23-19(32)14-27(5)20-10-9-16-17(13-18(31)24(35)26(16,3)4)29(20,7)22(34)15-28(23,27)6/h9,13,17,19-20,23,31-32,36-37H,10-12,14-15H2,1-8H3. The van der Waals surface area contributed by atoms with Gasteiger partial charge >= 0.3 is 0 Å². The van der Waals surface area contributed by atoms with Crippen LogP contribution in [0.25, 0.3) is 0 Å². The molecule has 37 heavy (non-hydrogen) atoms. The third-order valence-electron chi connectivity index (χ3n) is 11.2. The van der Waals surface area contributed by atoms with E-state index in [0.29, 0.717) is 12.8 Å². The molecule has 7 heteroatoms. The van der Waals surface area contributed by atoms with Crippen molar-refractivity contribution < 1.29 is 34.8 Å². The number of carbonyl (C=O) groups excluding carboxylic acids is 3. The summed E-state index contributed by atoms with van der Waals surface area (Å²) in [5.41, 5.74) is -5.39. The zero-order valence-electron chi connectivity index (χ0n) is 23.5. The monoisotopic (exact) mass is 516 g/mol. The van der Waals surface area contributed by atoms with Gasteiger partial charge in [-0.1, -0.05) is 32.4 Å². The summed E-state index contributed by atoms with van der Waals surface area (Å²) in [6, 6.07) is 0. The van der Waals surface area contributed by atoms with Crippen molar-refractivity contribution in [3.05, 3.63) is 23.5 Å². The molecule has 0 heterocycles. The Labute approximate surface area is 220 Å². The molecule has 0 radical (unpaired) electrons. The van der Waals surface area contributed by atoms with E-state index in [9.17, 15) is 34.8 Å². The largest absolute Gasteiger partial charge is 0.505 e. The molecule has 0 bridgehead atoms. The lowest BCUT2D eigenvalue weighted by atomic mass is 9.39. The third kappa shape index (κ3) is 3.67. The van der Waals surface area contributed by atoms with Crippen molar-refractivity contribution in [3.8, 4) is 0 Å². The van der Waals surface area contributed by atoms with E-state index in [-0.39, 0.29) is 42.5 Å². The molecule has 7 nitrogen and oxygen atoms in total. The van der Waals surface area contributed by atoms with Gasteiger partial charge in [-0.25, -0.2) is 0 Å². The topological polar surface area (TPSA) is 132 Å². The van der Waals surface area contributed by atoms with Crippen LogP contribution < -0.4 is 0 Å². The molecule has 0 saturated heterocycles. The number of fused-ring (bicyclic) bond motifs is 5. The number of aliphatic hydroxyl groups is 4. The minimum Gasteiger partial charge on any atom is -0.505 e. The van der Waals surface area contributed by atoms with Gasteiger partial charge in [-0.2, -0.15) is 0 Å². The zero-order valence-corrected chi connectivity index (χ0v) is 23.5. The fraction of sp³-hybridized carbons (Fsp3) is 0.767. The van der Waals surface area contributed by atoms with Gasteiger partial charge < -0.3 is 20.4 Å². The van der Waals surface area contributed by atoms with Crippen LogP contribution in [0.1, 0.15) is 87.5 Å². The molecule has 4 aliphatic rings. The third-order valence-corrected chi connectivity index (χ3v) is 11.2. The van der Waals surface area contributed by atoms with Crippen molar-refractivity contribution in [1.29, 1.82) is 0 Å². The highest BCUT2D eigenvalue weighted by Gasteiger charge is 2.74. The van der Waals surface area contributed by atoms with E-state index in [4.69, 9.17) is 0 Å². The Bertz CT molecular complexity index is 1110. The molecule has 0 aromatic carbocycles. The molecule has 0 aliphatic heterocycles. The number of hydrogen-bond acceptors (Lipinski definition) is 7. The second-order valence-electron chi connectivity index (χ2n) is 14.3. The van der Waals surface area contributed by atoms with Crippen molar-refractivity contribution in [2.45, 2.75) is 105 Å². The van der Waals surface area contributed by atoms with Crippen LogP contribution in [0.3, 0.4) is 0 Å². The fourth-order valence-electron chi connectivity index (χ4n) is 8.82. The minimum atomic E-state index is -1.88. The number of ketones is 3. The number of hydrogen-bond donors (Lipinski definition) is 4. The van der Waals surface area contributed by atoms with Gasteiger partial charge in [0.25, 0.3) is 0 Å². The molecule has 206 valence electrons. The van der Waals surface area contributed by atoms with Crippen molar-refractivity contribution in [3.63, 3.8) is 0 Å². The molecule has 0 aromatic heterocycles. The number of allylic oxidation sites excluding steroid dienone is 4. The molecule has 4 N–H and O–H groups in total. The number of Topliss-reactive ketones (excluding diaryl/α,β-unsaturated/α-hetero) is 3. The van der Waals surface area contributed by atoms with Crippen LogP contribution in [0.2, 0.25) is 0 Å². The highest BCUT2D eigenvalue weighted by atomic mass is 16.3. The molecular weight excluding hydrogens is 472 g/mol. The molecular formula is C30H44O7. The SMILES string of the molecule is CC(C)(O)CCC(=O)C(C)(O)C1C(O)CC2(C)C3CC=C4C(C=C(O)C(=O)C4(C)C)C3(C)C(=O)CC12C. The summed E-state index contributed by atoms with van der Waals surface area (Å²) in [7, 11) is 0. The van der Waals surface area contributed by atoms with E-state index in [1.165, 1.54) is 13.0 Å². The van der Waals surface area contributed by atoms with Crippen molar-refractivity contribution in [2.75, 3.05) is 0 Å². The molecule has 8 unspecified atom stereocenters. The van der Waals surface area contributed by atoms with Gasteiger partial charge in [0.15, 0.2) is 11.5 Å². The average Bonchev–Trinajstić information content (AvgIpc) is 2.96. The first-order valence-electron chi connectivity index (χ1n) is 13.5. The Balaban J connectivity index is 1.79. The molecule has 0 aromatic rings. The predicted molar refractivity (Wildman–Crippen MR) is 138 cm³/mol. The van der Waals surface area contributed by atoms with Gasteiger partial charge in [-0.05, 0) is 76.7 Å². The summed E-state index contributed by atoms with van der Waals surface area (Å²) in [4.78, 5) is 40.2. The number of aliphatic hydroxyl groups excluding tert-OH is 2. The fourth-order valence-corrected chi connectivity index (χ4v) is 8.82. The van der Waals surface area contributed by atoms with Crippen LogP contribution in [-0.4, -0.2) is 55.1 Å². The second kappa shape index (κ2) is 8.09. The van der Waals surface area contributed by atoms with Gasteiger partial charge in [0.2, 0.25) is 5.78 Å². The summed E-state index contributed by atoms with van der Waals surface area (Å²) in [5.74, 6) is -2.69. The van der Waals surface area contributed by atoms with E-state index in [0.717, 1.165) is 5.57 Å². The lowest BCUT2D eigenvalue weighted by Crippen LogP contribution is -2.64. The highest BCUT2D eigenvalue weighted by molar-refractivity contribution is 6.02.